The molecule has 0 amide bonds. The average Bonchev–Trinajstić information content (AvgIpc) is 2.58. The zero-order chi connectivity index (χ0) is 18.9. The lowest BCUT2D eigenvalue weighted by molar-refractivity contribution is -0.140. The first kappa shape index (κ1) is 17.8. The van der Waals surface area contributed by atoms with E-state index in [1.807, 2.05) is 0 Å². The van der Waals surface area contributed by atoms with Crippen molar-refractivity contribution in [3.63, 3.8) is 0 Å². The number of anilines is 2. The largest absolute Gasteiger partial charge is 0.454 e. The van der Waals surface area contributed by atoms with Crippen LogP contribution in [0.2, 0.25) is 0 Å². The van der Waals surface area contributed by atoms with Gasteiger partial charge in [-0.3, -0.25) is 0 Å². The molecule has 0 saturated heterocycles. The number of nitrogens with zero attached hydrogens (tertiary/aromatic N) is 6. The summed E-state index contributed by atoms with van der Waals surface area (Å²) in [6.07, 6.45) is 4.41. The van der Waals surface area contributed by atoms with E-state index in [0.717, 1.165) is 0 Å². The molecule has 0 radical (unpaired) electrons. The Bertz CT molecular complexity index is 937. The summed E-state index contributed by atoms with van der Waals surface area (Å²) in [5.74, 6) is 0.173. The predicted molar refractivity (Wildman–Crippen MR) is 93.5 cm³/mol. The second-order valence-corrected chi connectivity index (χ2v) is 7.48. The number of carbonyl (C=O) groups is 1. The molecule has 12 heteroatoms. The summed E-state index contributed by atoms with van der Waals surface area (Å²) in [6.45, 7) is 0.0470. The van der Waals surface area contributed by atoms with Crippen molar-refractivity contribution in [2.24, 2.45) is 4.40 Å². The van der Waals surface area contributed by atoms with Gasteiger partial charge >= 0.3 is 5.97 Å². The van der Waals surface area contributed by atoms with Crippen LogP contribution < -0.4 is 10.6 Å². The number of hydrogen-bond acceptors (Lipinski definition) is 10. The maximum Gasteiger partial charge on any atom is 0.340 e. The highest BCUT2D eigenvalue weighted by Gasteiger charge is 2.25. The van der Waals surface area contributed by atoms with Gasteiger partial charge in [-0.25, -0.2) is 13.2 Å². The highest BCUT2D eigenvalue weighted by atomic mass is 32.2. The topological polar surface area (TPSA) is 144 Å². The van der Waals surface area contributed by atoms with E-state index in [1.165, 1.54) is 18.4 Å². The summed E-state index contributed by atoms with van der Waals surface area (Å²) < 4.78 is 31.8. The third-order valence-corrected chi connectivity index (χ3v) is 4.64. The van der Waals surface area contributed by atoms with Gasteiger partial charge in [0.2, 0.25) is 11.9 Å². The number of fused-ring (bicyclic) bond motifs is 1. The zero-order valence-electron chi connectivity index (χ0n) is 14.2. The molecule has 0 spiro atoms. The summed E-state index contributed by atoms with van der Waals surface area (Å²) >= 11 is 0. The number of ether oxygens (including phenoxy) is 1. The summed E-state index contributed by atoms with van der Waals surface area (Å²) in [5.41, 5.74) is 5.88. The van der Waals surface area contributed by atoms with E-state index in [4.69, 9.17) is 10.5 Å². The fourth-order valence-corrected chi connectivity index (χ4v) is 3.19. The molecule has 0 saturated carbocycles. The van der Waals surface area contributed by atoms with Crippen molar-refractivity contribution in [1.82, 2.24) is 19.9 Å². The number of aromatic nitrogens is 3. The van der Waals surface area contributed by atoms with Crippen molar-refractivity contribution < 1.29 is 17.9 Å². The Hall–Kier alpha value is -3.02. The van der Waals surface area contributed by atoms with E-state index in [-0.39, 0.29) is 42.1 Å². The van der Waals surface area contributed by atoms with Crippen LogP contribution in [0.3, 0.4) is 0 Å². The highest BCUT2D eigenvalue weighted by molar-refractivity contribution is 7.90. The first-order valence-electron chi connectivity index (χ1n) is 7.57. The maximum atomic E-state index is 12.2. The number of sulfonamides is 1. The van der Waals surface area contributed by atoms with Crippen LogP contribution in [-0.2, 0) is 26.2 Å². The normalized spacial score (nSPS) is 17.8. The molecule has 0 unspecified atom stereocenters. The fourth-order valence-electron chi connectivity index (χ4n) is 2.22. The van der Waals surface area contributed by atoms with Crippen LogP contribution in [0.25, 0.3) is 0 Å². The number of nitrogen functional groups attached to an aromatic ring is 1. The number of esters is 1. The first-order valence-corrected chi connectivity index (χ1v) is 9.18. The number of amidine groups is 1. The molecule has 1 aromatic heterocycles. The summed E-state index contributed by atoms with van der Waals surface area (Å²) in [6, 6.07) is 0. The van der Waals surface area contributed by atoms with Crippen molar-refractivity contribution in [3.05, 3.63) is 29.7 Å². The Kier molecular flexibility index (Phi) is 4.59. The van der Waals surface area contributed by atoms with E-state index >= 15 is 0 Å². The van der Waals surface area contributed by atoms with Gasteiger partial charge in [0.25, 0.3) is 10.0 Å². The van der Waals surface area contributed by atoms with E-state index < -0.39 is 16.0 Å². The van der Waals surface area contributed by atoms with Crippen LogP contribution in [0.1, 0.15) is 5.82 Å². The molecular weight excluding hydrogens is 362 g/mol. The second kappa shape index (κ2) is 6.71. The molecule has 2 N–H and O–H groups in total. The maximum absolute atomic E-state index is 12.2. The van der Waals surface area contributed by atoms with Gasteiger partial charge < -0.3 is 20.3 Å². The predicted octanol–water partition coefficient (Wildman–Crippen LogP) is -0.939. The van der Waals surface area contributed by atoms with Crippen molar-refractivity contribution in [2.75, 3.05) is 37.0 Å². The van der Waals surface area contributed by atoms with Gasteiger partial charge in [0.05, 0.1) is 11.3 Å². The smallest absolute Gasteiger partial charge is 0.340 e. The monoisotopic (exact) mass is 379 g/mol. The van der Waals surface area contributed by atoms with Crippen molar-refractivity contribution >= 4 is 33.7 Å². The third-order valence-electron chi connectivity index (χ3n) is 3.48. The standard InChI is InChI=1S/C14H17N7O4S/c1-20(2)14-17-10(16-13(15)18-14)8-25-12(22)9-3-4-11-19-26(23,24)6-5-21(11)7-9/h3-4,7H,5-6,8H2,1-2H3,(H2,15,16,17,18). The molecule has 0 atom stereocenters. The Morgan fingerprint density at radius 3 is 2.81 bits per heavy atom. The Morgan fingerprint density at radius 1 is 1.31 bits per heavy atom. The van der Waals surface area contributed by atoms with Crippen molar-refractivity contribution in [3.8, 4) is 0 Å². The molecule has 11 nitrogen and oxygen atoms in total. The molecule has 2 aliphatic heterocycles. The Labute approximate surface area is 150 Å². The molecule has 0 fully saturated rings. The van der Waals surface area contributed by atoms with Gasteiger partial charge in [0, 0.05) is 26.8 Å². The molecule has 26 heavy (non-hydrogen) atoms. The minimum atomic E-state index is -3.44. The van der Waals surface area contributed by atoms with Crippen LogP contribution in [0.15, 0.2) is 28.3 Å². The van der Waals surface area contributed by atoms with Crippen molar-refractivity contribution in [1.29, 1.82) is 0 Å². The summed E-state index contributed by atoms with van der Waals surface area (Å²) in [7, 11) is 0.0593. The molecule has 0 bridgehead atoms. The van der Waals surface area contributed by atoms with E-state index in [1.54, 1.807) is 23.9 Å². The average molecular weight is 379 g/mol. The van der Waals surface area contributed by atoms with Crippen LogP contribution in [0.5, 0.6) is 0 Å². The quantitative estimate of drug-likeness (QED) is 0.651. The van der Waals surface area contributed by atoms with Crippen LogP contribution in [0.4, 0.5) is 11.9 Å². The molecule has 0 aliphatic carbocycles. The lowest BCUT2D eigenvalue weighted by Gasteiger charge is -2.26. The lowest BCUT2D eigenvalue weighted by Crippen LogP contribution is -2.37. The van der Waals surface area contributed by atoms with E-state index in [9.17, 15) is 13.2 Å². The first-order chi connectivity index (χ1) is 12.2. The minimum Gasteiger partial charge on any atom is -0.454 e. The zero-order valence-corrected chi connectivity index (χ0v) is 15.0. The molecule has 2 aliphatic rings. The van der Waals surface area contributed by atoms with Crippen LogP contribution >= 0.6 is 0 Å². The molecule has 3 heterocycles. The highest BCUT2D eigenvalue weighted by Crippen LogP contribution is 2.17. The van der Waals surface area contributed by atoms with Gasteiger partial charge in [-0.1, -0.05) is 0 Å². The SMILES string of the molecule is CN(C)c1nc(N)nc(COC(=O)C2=CN3CCS(=O)(=O)N=C3C=C2)n1. The molecule has 138 valence electrons. The second-order valence-electron chi connectivity index (χ2n) is 5.73. The molecular formula is C14H17N7O4S. The summed E-state index contributed by atoms with van der Waals surface area (Å²) in [4.78, 5) is 27.5. The number of hydrogen-bond donors (Lipinski definition) is 1. The van der Waals surface area contributed by atoms with Gasteiger partial charge in [-0.15, -0.1) is 4.40 Å². The van der Waals surface area contributed by atoms with Gasteiger partial charge in [0.1, 0.15) is 5.84 Å². The molecule has 3 rings (SSSR count). The minimum absolute atomic E-state index is 0.0295. The fraction of sp³-hybridized carbons (Fsp3) is 0.357. The Balaban J connectivity index is 1.69. The van der Waals surface area contributed by atoms with Gasteiger partial charge in [0.15, 0.2) is 12.4 Å². The van der Waals surface area contributed by atoms with Gasteiger partial charge in [-0.05, 0) is 12.2 Å². The molecule has 1 aromatic rings. The molecule has 0 aromatic carbocycles. The third kappa shape index (κ3) is 3.96. The lowest BCUT2D eigenvalue weighted by atomic mass is 10.2. The number of carbonyl (C=O) groups excluding carboxylic acids is 1. The van der Waals surface area contributed by atoms with Crippen LogP contribution in [0, 0.1) is 0 Å². The van der Waals surface area contributed by atoms with E-state index in [0.29, 0.717) is 5.95 Å². The number of rotatable bonds is 4. The van der Waals surface area contributed by atoms with Gasteiger partial charge in [-0.2, -0.15) is 15.0 Å². The number of nitrogens with two attached hydrogens (primary N) is 1. The van der Waals surface area contributed by atoms with E-state index in [2.05, 4.69) is 19.3 Å². The van der Waals surface area contributed by atoms with Crippen molar-refractivity contribution in [2.45, 2.75) is 6.61 Å². The Morgan fingerprint density at radius 2 is 2.08 bits per heavy atom. The summed E-state index contributed by atoms with van der Waals surface area (Å²) in [5, 5.41) is 0. The van der Waals surface area contributed by atoms with Crippen LogP contribution in [-0.4, -0.2) is 66.5 Å².